The van der Waals surface area contributed by atoms with Gasteiger partial charge >= 0.3 is 0 Å². The van der Waals surface area contributed by atoms with Gasteiger partial charge in [0, 0.05) is 6.42 Å². The Kier molecular flexibility index (Phi) is 17.4. The van der Waals surface area contributed by atoms with Crippen molar-refractivity contribution < 1.29 is 13.2 Å². The Morgan fingerprint density at radius 1 is 0.615 bits per heavy atom. The van der Waals surface area contributed by atoms with E-state index in [-0.39, 0.29) is 17.9 Å². The van der Waals surface area contributed by atoms with Gasteiger partial charge in [-0.2, -0.15) is 0 Å². The molecule has 0 aromatic carbocycles. The zero-order chi connectivity index (χ0) is 19.5. The Morgan fingerprint density at radius 3 is 1.31 bits per heavy atom. The first-order valence-electron chi connectivity index (χ1n) is 11.0. The van der Waals surface area contributed by atoms with Gasteiger partial charge in [-0.05, 0) is 6.42 Å². The van der Waals surface area contributed by atoms with Crippen LogP contribution in [-0.4, -0.2) is 25.8 Å². The summed E-state index contributed by atoms with van der Waals surface area (Å²) >= 11 is 0. The Labute approximate surface area is 162 Å². The first-order valence-corrected chi connectivity index (χ1v) is 12.8. The van der Waals surface area contributed by atoms with Crippen LogP contribution in [0, 0.1) is 0 Å². The summed E-state index contributed by atoms with van der Waals surface area (Å²) in [5.74, 6) is -0.444. The number of hydrogen-bond donors (Lipinski definition) is 1. The third kappa shape index (κ3) is 19.7. The van der Waals surface area contributed by atoms with Crippen molar-refractivity contribution in [2.45, 2.75) is 116 Å². The molecule has 0 radical (unpaired) electrons. The van der Waals surface area contributed by atoms with Crippen molar-refractivity contribution in [2.24, 2.45) is 5.73 Å². The Balaban J connectivity index is 3.23. The molecular formula is C21H43NO3S. The topological polar surface area (TPSA) is 77.2 Å². The van der Waals surface area contributed by atoms with Crippen LogP contribution >= 0.6 is 0 Å². The van der Waals surface area contributed by atoms with Crippen molar-refractivity contribution in [3.05, 3.63) is 0 Å². The standard InChI is InChI=1S/C21H43NO3S/c1-2-3-4-5-6-7-8-9-10-11-12-13-14-15-16-17-19-26(24,25)20-18-21(22)23/h2-20H2,1H3,(H2,22,23). The molecule has 0 rings (SSSR count). The highest BCUT2D eigenvalue weighted by Gasteiger charge is 2.11. The quantitative estimate of drug-likeness (QED) is 0.278. The molecule has 0 bridgehead atoms. The van der Waals surface area contributed by atoms with Crippen LogP contribution in [0.4, 0.5) is 0 Å². The molecule has 0 spiro atoms. The molecule has 0 aliphatic carbocycles. The van der Waals surface area contributed by atoms with E-state index < -0.39 is 15.7 Å². The van der Waals surface area contributed by atoms with E-state index in [0.717, 1.165) is 12.8 Å². The highest BCUT2D eigenvalue weighted by Crippen LogP contribution is 2.14. The van der Waals surface area contributed by atoms with E-state index in [1.807, 2.05) is 0 Å². The lowest BCUT2D eigenvalue weighted by atomic mass is 10.0. The van der Waals surface area contributed by atoms with Crippen molar-refractivity contribution >= 4 is 15.7 Å². The van der Waals surface area contributed by atoms with Crippen molar-refractivity contribution in [2.75, 3.05) is 11.5 Å². The average molecular weight is 390 g/mol. The normalized spacial score (nSPS) is 11.7. The highest BCUT2D eigenvalue weighted by atomic mass is 32.2. The summed E-state index contributed by atoms with van der Waals surface area (Å²) in [6, 6.07) is 0. The second kappa shape index (κ2) is 17.8. The van der Waals surface area contributed by atoms with Gasteiger partial charge in [0.25, 0.3) is 0 Å². The number of amides is 1. The molecule has 0 saturated heterocycles. The van der Waals surface area contributed by atoms with E-state index in [4.69, 9.17) is 5.73 Å². The molecule has 0 aromatic rings. The first-order chi connectivity index (χ1) is 12.5. The minimum atomic E-state index is -3.10. The van der Waals surface area contributed by atoms with Gasteiger partial charge in [0.05, 0.1) is 11.5 Å². The number of carbonyl (C=O) groups excluding carboxylic acids is 1. The van der Waals surface area contributed by atoms with E-state index in [2.05, 4.69) is 6.92 Å². The summed E-state index contributed by atoms with van der Waals surface area (Å²) in [7, 11) is -3.10. The molecule has 4 nitrogen and oxygen atoms in total. The van der Waals surface area contributed by atoms with Crippen LogP contribution in [-0.2, 0) is 14.6 Å². The number of primary amides is 1. The highest BCUT2D eigenvalue weighted by molar-refractivity contribution is 7.91. The summed E-state index contributed by atoms with van der Waals surface area (Å²) in [5, 5.41) is 0. The molecule has 0 fully saturated rings. The van der Waals surface area contributed by atoms with E-state index in [9.17, 15) is 13.2 Å². The summed E-state index contributed by atoms with van der Waals surface area (Å²) in [4.78, 5) is 10.6. The van der Waals surface area contributed by atoms with Crippen molar-refractivity contribution in [3.8, 4) is 0 Å². The Morgan fingerprint density at radius 2 is 0.962 bits per heavy atom. The van der Waals surface area contributed by atoms with Gasteiger partial charge in [-0.15, -0.1) is 0 Å². The molecule has 0 saturated carbocycles. The van der Waals surface area contributed by atoms with Gasteiger partial charge in [-0.1, -0.05) is 103 Å². The van der Waals surface area contributed by atoms with Crippen LogP contribution in [0.15, 0.2) is 0 Å². The summed E-state index contributed by atoms with van der Waals surface area (Å²) < 4.78 is 23.4. The van der Waals surface area contributed by atoms with Crippen LogP contribution in [0.1, 0.15) is 116 Å². The number of sulfone groups is 1. The molecule has 0 heterocycles. The van der Waals surface area contributed by atoms with Crippen LogP contribution in [0.3, 0.4) is 0 Å². The summed E-state index contributed by atoms with van der Waals surface area (Å²) in [5.41, 5.74) is 4.99. The Bertz CT molecular complexity index is 421. The van der Waals surface area contributed by atoms with Crippen molar-refractivity contribution in [1.29, 1.82) is 0 Å². The monoisotopic (exact) mass is 389 g/mol. The van der Waals surface area contributed by atoms with Crippen LogP contribution < -0.4 is 5.73 Å². The number of nitrogens with two attached hydrogens (primary N) is 1. The SMILES string of the molecule is CCCCCCCCCCCCCCCCCCS(=O)(=O)CCC(N)=O. The number of rotatable bonds is 20. The molecular weight excluding hydrogens is 346 g/mol. The smallest absolute Gasteiger partial charge is 0.218 e. The maximum absolute atomic E-state index is 11.7. The van der Waals surface area contributed by atoms with Gasteiger partial charge in [0.2, 0.25) is 5.91 Å². The molecule has 1 amide bonds. The zero-order valence-electron chi connectivity index (χ0n) is 17.1. The lowest BCUT2D eigenvalue weighted by Gasteiger charge is -2.04. The molecule has 5 heteroatoms. The van der Waals surface area contributed by atoms with Crippen LogP contribution in [0.5, 0.6) is 0 Å². The van der Waals surface area contributed by atoms with Gasteiger partial charge < -0.3 is 5.73 Å². The van der Waals surface area contributed by atoms with Gasteiger partial charge in [0.15, 0.2) is 9.84 Å². The fraction of sp³-hybridized carbons (Fsp3) is 0.952. The lowest BCUT2D eigenvalue weighted by Crippen LogP contribution is -2.19. The largest absolute Gasteiger partial charge is 0.370 e. The maximum atomic E-state index is 11.7. The van der Waals surface area contributed by atoms with E-state index in [1.54, 1.807) is 0 Å². The minimum Gasteiger partial charge on any atom is -0.370 e. The lowest BCUT2D eigenvalue weighted by molar-refractivity contribution is -0.117. The predicted octanol–water partition coefficient (Wildman–Crippen LogP) is 5.54. The predicted molar refractivity (Wildman–Crippen MR) is 112 cm³/mol. The fourth-order valence-electron chi connectivity index (χ4n) is 3.23. The third-order valence-electron chi connectivity index (χ3n) is 4.97. The molecule has 26 heavy (non-hydrogen) atoms. The number of carbonyl (C=O) groups is 1. The maximum Gasteiger partial charge on any atom is 0.218 e. The zero-order valence-corrected chi connectivity index (χ0v) is 18.0. The molecule has 0 aromatic heterocycles. The van der Waals surface area contributed by atoms with Crippen molar-refractivity contribution in [1.82, 2.24) is 0 Å². The number of unbranched alkanes of at least 4 members (excludes halogenated alkanes) is 15. The van der Waals surface area contributed by atoms with E-state index >= 15 is 0 Å². The van der Waals surface area contributed by atoms with Crippen LogP contribution in [0.2, 0.25) is 0 Å². The van der Waals surface area contributed by atoms with Gasteiger partial charge in [0.1, 0.15) is 0 Å². The first kappa shape index (κ1) is 25.4. The van der Waals surface area contributed by atoms with Gasteiger partial charge in [-0.25, -0.2) is 8.42 Å². The minimum absolute atomic E-state index is 0.0544. The van der Waals surface area contributed by atoms with E-state index in [0.29, 0.717) is 6.42 Å². The molecule has 0 aliphatic rings. The summed E-state index contributed by atoms with van der Waals surface area (Å²) in [6.45, 7) is 2.26. The second-order valence-electron chi connectivity index (χ2n) is 7.67. The number of hydrogen-bond acceptors (Lipinski definition) is 3. The van der Waals surface area contributed by atoms with Crippen molar-refractivity contribution in [3.63, 3.8) is 0 Å². The molecule has 0 aliphatic heterocycles. The third-order valence-corrected chi connectivity index (χ3v) is 6.71. The van der Waals surface area contributed by atoms with E-state index in [1.165, 1.54) is 83.5 Å². The molecule has 0 atom stereocenters. The fourth-order valence-corrected chi connectivity index (χ4v) is 4.59. The average Bonchev–Trinajstić information content (AvgIpc) is 2.60. The van der Waals surface area contributed by atoms with Gasteiger partial charge in [-0.3, -0.25) is 4.79 Å². The summed E-state index contributed by atoms with van der Waals surface area (Å²) in [6.07, 6.45) is 20.4. The second-order valence-corrected chi connectivity index (χ2v) is 9.98. The molecule has 156 valence electrons. The molecule has 0 unspecified atom stereocenters. The van der Waals surface area contributed by atoms with Crippen LogP contribution in [0.25, 0.3) is 0 Å². The Hall–Kier alpha value is -0.580. The molecule has 2 N–H and O–H groups in total.